The van der Waals surface area contributed by atoms with Crippen LogP contribution >= 0.6 is 0 Å². The molecule has 0 saturated carbocycles. The maximum Gasteiger partial charge on any atom is 0.326 e. The smallest absolute Gasteiger partial charge is 0.326 e. The Balaban J connectivity index is 2.04. The van der Waals surface area contributed by atoms with E-state index in [-0.39, 0.29) is 19.0 Å². The number of ether oxygens (including phenoxy) is 1. The molecule has 0 fully saturated rings. The van der Waals surface area contributed by atoms with E-state index in [0.717, 1.165) is 5.56 Å². The molecular weight excluding hydrogens is 360 g/mol. The number of benzene rings is 2. The summed E-state index contributed by atoms with van der Waals surface area (Å²) in [4.78, 5) is 36.4. The van der Waals surface area contributed by atoms with E-state index < -0.39 is 17.9 Å². The molecule has 0 aliphatic carbocycles. The Morgan fingerprint density at radius 1 is 1.07 bits per heavy atom. The highest BCUT2D eigenvalue weighted by Crippen LogP contribution is 2.16. The van der Waals surface area contributed by atoms with Crippen molar-refractivity contribution in [2.24, 2.45) is 0 Å². The molecule has 28 heavy (non-hydrogen) atoms. The van der Waals surface area contributed by atoms with Gasteiger partial charge in [0.25, 0.3) is 5.91 Å². The predicted octanol–water partition coefficient (Wildman–Crippen LogP) is 2.32. The molecule has 0 bridgehead atoms. The van der Waals surface area contributed by atoms with Crippen LogP contribution in [0.15, 0.2) is 54.6 Å². The summed E-state index contributed by atoms with van der Waals surface area (Å²) < 4.78 is 5.70. The van der Waals surface area contributed by atoms with Crippen molar-refractivity contribution in [3.05, 3.63) is 65.7 Å². The summed E-state index contributed by atoms with van der Waals surface area (Å²) in [5.41, 5.74) is 1.38. The number of carboxylic acids is 1. The molecule has 7 heteroatoms. The van der Waals surface area contributed by atoms with Crippen molar-refractivity contribution in [3.63, 3.8) is 0 Å². The van der Waals surface area contributed by atoms with Gasteiger partial charge in [0.1, 0.15) is 18.4 Å². The molecule has 0 aromatic heterocycles. The number of carbonyl (C=O) groups is 3. The molecule has 2 N–H and O–H groups in total. The highest BCUT2D eigenvalue weighted by molar-refractivity contribution is 5.96. The summed E-state index contributed by atoms with van der Waals surface area (Å²) in [6.07, 6.45) is 0. The van der Waals surface area contributed by atoms with Gasteiger partial charge >= 0.3 is 5.97 Å². The van der Waals surface area contributed by atoms with Crippen LogP contribution in [0.25, 0.3) is 0 Å². The molecule has 1 unspecified atom stereocenters. The Bertz CT molecular complexity index is 805. The Kier molecular flexibility index (Phi) is 7.56. The lowest BCUT2D eigenvalue weighted by Crippen LogP contribution is -2.46. The Hall–Kier alpha value is -3.35. The fourth-order valence-corrected chi connectivity index (χ4v) is 2.56. The van der Waals surface area contributed by atoms with Gasteiger partial charge in [0.2, 0.25) is 5.91 Å². The molecule has 0 spiro atoms. The van der Waals surface area contributed by atoms with Gasteiger partial charge in [0.05, 0.1) is 0 Å². The number of rotatable bonds is 9. The summed E-state index contributed by atoms with van der Waals surface area (Å²) in [5.74, 6) is -1.17. The zero-order valence-electron chi connectivity index (χ0n) is 15.9. The highest BCUT2D eigenvalue weighted by Gasteiger charge is 2.26. The molecule has 2 amide bonds. The molecule has 0 saturated heterocycles. The second-order valence-electron chi connectivity index (χ2n) is 6.29. The van der Waals surface area contributed by atoms with Crippen molar-refractivity contribution in [2.75, 3.05) is 13.1 Å². The Labute approximate surface area is 163 Å². The average molecular weight is 384 g/mol. The first kappa shape index (κ1) is 21.0. The van der Waals surface area contributed by atoms with Gasteiger partial charge in [0.15, 0.2) is 0 Å². The first-order chi connectivity index (χ1) is 13.4. The third-order valence-corrected chi connectivity index (χ3v) is 4.16. The molecule has 148 valence electrons. The maximum atomic E-state index is 12.8. The molecule has 2 rings (SSSR count). The number of carboxylic acid groups (broad SMARTS) is 1. The third-order valence-electron chi connectivity index (χ3n) is 4.16. The van der Waals surface area contributed by atoms with Gasteiger partial charge in [-0.05, 0) is 36.8 Å². The zero-order chi connectivity index (χ0) is 20.5. The number of hydrogen-bond acceptors (Lipinski definition) is 4. The van der Waals surface area contributed by atoms with Crippen LogP contribution in [0.2, 0.25) is 0 Å². The SMILES string of the molecule is CC(=O)NCCN(C(=O)c1ccc(OCc2ccccc2)cc1)C(C)C(=O)O. The van der Waals surface area contributed by atoms with Gasteiger partial charge in [-0.2, -0.15) is 0 Å². The fraction of sp³-hybridized carbons (Fsp3) is 0.286. The number of hydrogen-bond donors (Lipinski definition) is 2. The zero-order valence-corrected chi connectivity index (χ0v) is 15.9. The van der Waals surface area contributed by atoms with Crippen molar-refractivity contribution in [2.45, 2.75) is 26.5 Å². The summed E-state index contributed by atoms with van der Waals surface area (Å²) in [6, 6.07) is 15.2. The van der Waals surface area contributed by atoms with Gasteiger partial charge < -0.3 is 20.1 Å². The van der Waals surface area contributed by atoms with Crippen LogP contribution in [-0.2, 0) is 16.2 Å². The van der Waals surface area contributed by atoms with Crippen LogP contribution in [0.4, 0.5) is 0 Å². The van der Waals surface area contributed by atoms with Crippen LogP contribution in [0.1, 0.15) is 29.8 Å². The van der Waals surface area contributed by atoms with Crippen molar-refractivity contribution in [1.29, 1.82) is 0 Å². The second kappa shape index (κ2) is 10.1. The normalized spacial score (nSPS) is 11.4. The van der Waals surface area contributed by atoms with Crippen LogP contribution in [0.3, 0.4) is 0 Å². The van der Waals surface area contributed by atoms with Crippen molar-refractivity contribution in [1.82, 2.24) is 10.2 Å². The molecule has 2 aromatic rings. The first-order valence-electron chi connectivity index (χ1n) is 8.93. The van der Waals surface area contributed by atoms with Gasteiger partial charge in [-0.3, -0.25) is 9.59 Å². The Morgan fingerprint density at radius 3 is 2.29 bits per heavy atom. The standard InChI is InChI=1S/C21H24N2O5/c1-15(21(26)27)23(13-12-22-16(2)24)20(25)18-8-10-19(11-9-18)28-14-17-6-4-3-5-7-17/h3-11,15H,12-14H2,1-2H3,(H,22,24)(H,26,27). The van der Waals surface area contributed by atoms with E-state index in [4.69, 9.17) is 4.74 Å². The number of nitrogens with one attached hydrogen (secondary N) is 1. The molecule has 7 nitrogen and oxygen atoms in total. The third kappa shape index (κ3) is 6.12. The van der Waals surface area contributed by atoms with Crippen molar-refractivity contribution in [3.8, 4) is 5.75 Å². The monoisotopic (exact) mass is 384 g/mol. The molecule has 2 aromatic carbocycles. The fourth-order valence-electron chi connectivity index (χ4n) is 2.56. The molecule has 0 aliphatic heterocycles. The minimum atomic E-state index is -1.11. The van der Waals surface area contributed by atoms with Crippen LogP contribution in [0, 0.1) is 0 Å². The van der Waals surface area contributed by atoms with Crippen LogP contribution in [-0.4, -0.2) is 46.9 Å². The summed E-state index contributed by atoms with van der Waals surface area (Å²) in [6.45, 7) is 3.48. The van der Waals surface area contributed by atoms with E-state index in [1.807, 2.05) is 30.3 Å². The topological polar surface area (TPSA) is 95.9 Å². The van der Waals surface area contributed by atoms with E-state index in [1.165, 1.54) is 18.7 Å². The minimum absolute atomic E-state index is 0.0954. The number of carbonyl (C=O) groups excluding carboxylic acids is 2. The summed E-state index contributed by atoms with van der Waals surface area (Å²) >= 11 is 0. The lowest BCUT2D eigenvalue weighted by molar-refractivity contribution is -0.141. The van der Waals surface area contributed by atoms with E-state index in [1.54, 1.807) is 24.3 Å². The van der Waals surface area contributed by atoms with Crippen LogP contribution in [0.5, 0.6) is 5.75 Å². The summed E-state index contributed by atoms with van der Waals surface area (Å²) in [7, 11) is 0. The lowest BCUT2D eigenvalue weighted by Gasteiger charge is -2.26. The number of nitrogens with zero attached hydrogens (tertiary/aromatic N) is 1. The molecule has 0 radical (unpaired) electrons. The van der Waals surface area contributed by atoms with E-state index >= 15 is 0 Å². The van der Waals surface area contributed by atoms with Gasteiger partial charge in [0, 0.05) is 25.6 Å². The molecule has 0 aliphatic rings. The second-order valence-corrected chi connectivity index (χ2v) is 6.29. The van der Waals surface area contributed by atoms with E-state index in [0.29, 0.717) is 17.9 Å². The van der Waals surface area contributed by atoms with E-state index in [9.17, 15) is 19.5 Å². The summed E-state index contributed by atoms with van der Waals surface area (Å²) in [5, 5.41) is 11.8. The molecular formula is C21H24N2O5. The molecule has 0 heterocycles. The van der Waals surface area contributed by atoms with Crippen molar-refractivity contribution < 1.29 is 24.2 Å². The van der Waals surface area contributed by atoms with Gasteiger partial charge in [-0.15, -0.1) is 0 Å². The number of aliphatic carboxylic acids is 1. The lowest BCUT2D eigenvalue weighted by atomic mass is 10.1. The first-order valence-corrected chi connectivity index (χ1v) is 8.93. The van der Waals surface area contributed by atoms with Crippen molar-refractivity contribution >= 4 is 17.8 Å². The Morgan fingerprint density at radius 2 is 1.71 bits per heavy atom. The average Bonchev–Trinajstić information content (AvgIpc) is 2.69. The molecule has 1 atom stereocenters. The minimum Gasteiger partial charge on any atom is -0.489 e. The van der Waals surface area contributed by atoms with E-state index in [2.05, 4.69) is 5.32 Å². The number of amides is 2. The predicted molar refractivity (Wildman–Crippen MR) is 104 cm³/mol. The highest BCUT2D eigenvalue weighted by atomic mass is 16.5. The van der Waals surface area contributed by atoms with Gasteiger partial charge in [-0.25, -0.2) is 4.79 Å². The largest absolute Gasteiger partial charge is 0.489 e. The quantitative estimate of drug-likeness (QED) is 0.692. The van der Waals surface area contributed by atoms with Crippen LogP contribution < -0.4 is 10.1 Å². The maximum absolute atomic E-state index is 12.8. The van der Waals surface area contributed by atoms with Gasteiger partial charge in [-0.1, -0.05) is 30.3 Å².